The van der Waals surface area contributed by atoms with Crippen LogP contribution < -0.4 is 5.32 Å². The van der Waals surface area contributed by atoms with Crippen molar-refractivity contribution in [1.29, 1.82) is 0 Å². The summed E-state index contributed by atoms with van der Waals surface area (Å²) < 4.78 is 0. The Morgan fingerprint density at radius 1 is 0.842 bits per heavy atom. The van der Waals surface area contributed by atoms with Gasteiger partial charge in [0, 0.05) is 6.04 Å². The van der Waals surface area contributed by atoms with Crippen LogP contribution in [0.4, 0.5) is 0 Å². The molecule has 0 saturated heterocycles. The van der Waals surface area contributed by atoms with Crippen molar-refractivity contribution in [2.45, 2.75) is 26.3 Å². The second-order valence-corrected chi connectivity index (χ2v) is 5.32. The minimum absolute atomic E-state index is 0.435. The second kappa shape index (κ2) is 7.10. The molecule has 1 heteroatoms. The summed E-state index contributed by atoms with van der Waals surface area (Å²) in [6.07, 6.45) is 1.08. The Balaban J connectivity index is 1.92. The van der Waals surface area contributed by atoms with Crippen molar-refractivity contribution in [2.24, 2.45) is 5.92 Å². The van der Waals surface area contributed by atoms with Crippen LogP contribution in [0.2, 0.25) is 0 Å². The molecule has 2 aromatic rings. The Morgan fingerprint density at radius 3 is 2.00 bits per heavy atom. The van der Waals surface area contributed by atoms with E-state index in [0.717, 1.165) is 13.0 Å². The Labute approximate surface area is 116 Å². The predicted octanol–water partition coefficient (Wildman–Crippen LogP) is 4.22. The van der Waals surface area contributed by atoms with Gasteiger partial charge in [0.1, 0.15) is 0 Å². The molecule has 19 heavy (non-hydrogen) atoms. The predicted molar refractivity (Wildman–Crippen MR) is 82.2 cm³/mol. The molecule has 1 atom stereocenters. The molecule has 0 heterocycles. The van der Waals surface area contributed by atoms with Gasteiger partial charge in [-0.3, -0.25) is 0 Å². The summed E-state index contributed by atoms with van der Waals surface area (Å²) in [6.45, 7) is 5.56. The highest BCUT2D eigenvalue weighted by Gasteiger charge is 2.14. The van der Waals surface area contributed by atoms with E-state index in [9.17, 15) is 0 Å². The highest BCUT2D eigenvalue weighted by molar-refractivity contribution is 5.20. The zero-order valence-electron chi connectivity index (χ0n) is 11.8. The first-order valence-electron chi connectivity index (χ1n) is 7.09. The van der Waals surface area contributed by atoms with E-state index in [1.807, 2.05) is 0 Å². The molecule has 0 bridgehead atoms. The fourth-order valence-corrected chi connectivity index (χ4v) is 2.42. The topological polar surface area (TPSA) is 12.0 Å². The SMILES string of the molecule is CC(C)C(NCCc1ccccc1)c1ccccc1. The number of hydrogen-bond donors (Lipinski definition) is 1. The maximum Gasteiger partial charge on any atom is 0.0343 e. The molecule has 2 aromatic carbocycles. The maximum atomic E-state index is 3.68. The lowest BCUT2D eigenvalue weighted by molar-refractivity contribution is 0.415. The van der Waals surface area contributed by atoms with Gasteiger partial charge in [0.05, 0.1) is 0 Å². The third kappa shape index (κ3) is 4.22. The molecule has 1 nitrogen and oxygen atoms in total. The van der Waals surface area contributed by atoms with Gasteiger partial charge < -0.3 is 5.32 Å². The van der Waals surface area contributed by atoms with E-state index in [0.29, 0.717) is 12.0 Å². The molecule has 0 aliphatic heterocycles. The molecule has 0 spiro atoms. The lowest BCUT2D eigenvalue weighted by atomic mass is 9.96. The third-order valence-corrected chi connectivity index (χ3v) is 3.45. The summed E-state index contributed by atoms with van der Waals surface area (Å²) in [5.41, 5.74) is 2.77. The lowest BCUT2D eigenvalue weighted by Crippen LogP contribution is -2.27. The van der Waals surface area contributed by atoms with Gasteiger partial charge in [-0.05, 0) is 30.0 Å². The second-order valence-electron chi connectivity index (χ2n) is 5.32. The van der Waals surface area contributed by atoms with Crippen LogP contribution in [0.25, 0.3) is 0 Å². The van der Waals surface area contributed by atoms with E-state index in [2.05, 4.69) is 79.8 Å². The van der Waals surface area contributed by atoms with E-state index in [4.69, 9.17) is 0 Å². The molecule has 1 N–H and O–H groups in total. The van der Waals surface area contributed by atoms with Crippen LogP contribution in [0.1, 0.15) is 31.0 Å². The molecule has 100 valence electrons. The van der Waals surface area contributed by atoms with Crippen molar-refractivity contribution in [3.05, 3.63) is 71.8 Å². The number of rotatable bonds is 6. The zero-order valence-corrected chi connectivity index (χ0v) is 11.8. The minimum atomic E-state index is 0.435. The molecule has 1 unspecified atom stereocenters. The quantitative estimate of drug-likeness (QED) is 0.813. The Kier molecular flexibility index (Phi) is 5.17. The highest BCUT2D eigenvalue weighted by Crippen LogP contribution is 2.21. The molecule has 0 saturated carbocycles. The van der Waals surface area contributed by atoms with Crippen LogP contribution >= 0.6 is 0 Å². The fraction of sp³-hybridized carbons (Fsp3) is 0.333. The summed E-state index contributed by atoms with van der Waals surface area (Å²) in [4.78, 5) is 0. The van der Waals surface area contributed by atoms with E-state index in [1.54, 1.807) is 0 Å². The largest absolute Gasteiger partial charge is 0.309 e. The van der Waals surface area contributed by atoms with Gasteiger partial charge in [0.2, 0.25) is 0 Å². The lowest BCUT2D eigenvalue weighted by Gasteiger charge is -2.23. The number of nitrogens with one attached hydrogen (secondary N) is 1. The fourth-order valence-electron chi connectivity index (χ4n) is 2.42. The van der Waals surface area contributed by atoms with Crippen molar-refractivity contribution in [1.82, 2.24) is 5.32 Å². The van der Waals surface area contributed by atoms with Gasteiger partial charge in [-0.15, -0.1) is 0 Å². The van der Waals surface area contributed by atoms with E-state index in [1.165, 1.54) is 11.1 Å². The molecule has 0 fully saturated rings. The highest BCUT2D eigenvalue weighted by atomic mass is 14.9. The molecule has 0 aliphatic carbocycles. The molecule has 0 aliphatic rings. The Hall–Kier alpha value is -1.60. The smallest absolute Gasteiger partial charge is 0.0343 e. The normalized spacial score (nSPS) is 12.6. The van der Waals surface area contributed by atoms with Gasteiger partial charge in [-0.2, -0.15) is 0 Å². The summed E-state index contributed by atoms with van der Waals surface area (Å²) >= 11 is 0. The first-order chi connectivity index (χ1) is 9.27. The third-order valence-electron chi connectivity index (χ3n) is 3.45. The molecule has 0 radical (unpaired) electrons. The van der Waals surface area contributed by atoms with Crippen molar-refractivity contribution in [3.63, 3.8) is 0 Å². The standard InChI is InChI=1S/C18H23N/c1-15(2)18(17-11-7-4-8-12-17)19-14-13-16-9-5-3-6-10-16/h3-12,15,18-19H,13-14H2,1-2H3. The van der Waals surface area contributed by atoms with Crippen LogP contribution in [0.3, 0.4) is 0 Å². The van der Waals surface area contributed by atoms with Crippen molar-refractivity contribution in [2.75, 3.05) is 6.54 Å². The zero-order chi connectivity index (χ0) is 13.5. The molecule has 0 aromatic heterocycles. The molecule has 2 rings (SSSR count). The molecular weight excluding hydrogens is 230 g/mol. The van der Waals surface area contributed by atoms with Gasteiger partial charge in [-0.1, -0.05) is 74.5 Å². The Morgan fingerprint density at radius 2 is 1.42 bits per heavy atom. The van der Waals surface area contributed by atoms with Crippen LogP contribution in [0.15, 0.2) is 60.7 Å². The first-order valence-corrected chi connectivity index (χ1v) is 7.09. The average molecular weight is 253 g/mol. The number of hydrogen-bond acceptors (Lipinski definition) is 1. The van der Waals surface area contributed by atoms with E-state index < -0.39 is 0 Å². The van der Waals surface area contributed by atoms with Crippen LogP contribution in [0, 0.1) is 5.92 Å². The summed E-state index contributed by atoms with van der Waals surface area (Å²) in [5, 5.41) is 3.68. The Bertz CT molecular complexity index is 462. The summed E-state index contributed by atoms with van der Waals surface area (Å²) in [6, 6.07) is 21.8. The van der Waals surface area contributed by atoms with Gasteiger partial charge in [-0.25, -0.2) is 0 Å². The molecular formula is C18H23N. The number of benzene rings is 2. The monoisotopic (exact) mass is 253 g/mol. The summed E-state index contributed by atoms with van der Waals surface area (Å²) in [7, 11) is 0. The van der Waals surface area contributed by atoms with E-state index >= 15 is 0 Å². The van der Waals surface area contributed by atoms with Gasteiger partial charge in [0.25, 0.3) is 0 Å². The van der Waals surface area contributed by atoms with Crippen molar-refractivity contribution < 1.29 is 0 Å². The van der Waals surface area contributed by atoms with E-state index in [-0.39, 0.29) is 0 Å². The van der Waals surface area contributed by atoms with Crippen LogP contribution in [-0.2, 0) is 6.42 Å². The summed E-state index contributed by atoms with van der Waals surface area (Å²) in [5.74, 6) is 0.596. The van der Waals surface area contributed by atoms with Crippen molar-refractivity contribution >= 4 is 0 Å². The minimum Gasteiger partial charge on any atom is -0.309 e. The van der Waals surface area contributed by atoms with Crippen LogP contribution in [0.5, 0.6) is 0 Å². The van der Waals surface area contributed by atoms with Gasteiger partial charge >= 0.3 is 0 Å². The van der Waals surface area contributed by atoms with Gasteiger partial charge in [0.15, 0.2) is 0 Å². The maximum absolute atomic E-state index is 3.68. The molecule has 0 amide bonds. The van der Waals surface area contributed by atoms with Crippen LogP contribution in [-0.4, -0.2) is 6.54 Å². The van der Waals surface area contributed by atoms with Crippen molar-refractivity contribution in [3.8, 4) is 0 Å². The average Bonchev–Trinajstić information content (AvgIpc) is 2.45. The first kappa shape index (κ1) is 13.8.